The van der Waals surface area contributed by atoms with Gasteiger partial charge in [-0.25, -0.2) is 0 Å². The first-order valence-corrected chi connectivity index (χ1v) is 12.4. The van der Waals surface area contributed by atoms with Crippen LogP contribution in [-0.2, 0) is 0 Å². The van der Waals surface area contributed by atoms with Crippen LogP contribution in [0.25, 0.3) is 5.57 Å². The Morgan fingerprint density at radius 2 is 1.91 bits per heavy atom. The molecule has 2 heterocycles. The maximum absolute atomic E-state index is 3.81. The molecule has 4 aliphatic carbocycles. The first-order valence-electron chi connectivity index (χ1n) is 12.4. The average Bonchev–Trinajstić information content (AvgIpc) is 3.36. The predicted octanol–water partition coefficient (Wildman–Crippen LogP) is 6.85. The van der Waals surface area contributed by atoms with E-state index in [1.807, 2.05) is 0 Å². The van der Waals surface area contributed by atoms with Gasteiger partial charge in [0.25, 0.3) is 0 Å². The number of anilines is 1. The molecule has 0 fully saturated rings. The normalized spacial score (nSPS) is 32.8. The molecular weight excluding hydrogens is 400 g/mol. The van der Waals surface area contributed by atoms with Crippen molar-refractivity contribution in [3.63, 3.8) is 0 Å². The molecule has 0 saturated heterocycles. The fourth-order valence-electron chi connectivity index (χ4n) is 6.62. The molecular formula is C31H30N2. The zero-order valence-corrected chi connectivity index (χ0v) is 19.2. The molecule has 33 heavy (non-hydrogen) atoms. The molecule has 0 aromatic heterocycles. The SMILES string of the molecule is CC12C=CC(c3ccc4c(c3)C3C=CC=CC3N4C3=CC=CCC3)=CC1NC1=C2CCC=C1. The largest absolute Gasteiger partial charge is 0.378 e. The van der Waals surface area contributed by atoms with Gasteiger partial charge in [-0.05, 0) is 79.2 Å². The molecule has 2 nitrogen and oxygen atoms in total. The second kappa shape index (κ2) is 7.12. The van der Waals surface area contributed by atoms with Crippen molar-refractivity contribution in [1.29, 1.82) is 0 Å². The van der Waals surface area contributed by atoms with E-state index in [0.717, 1.165) is 19.3 Å². The number of nitrogens with zero attached hydrogens (tertiary/aromatic N) is 1. The molecule has 7 rings (SSSR count). The maximum atomic E-state index is 3.81. The smallest absolute Gasteiger partial charge is 0.0626 e. The van der Waals surface area contributed by atoms with Gasteiger partial charge in [-0.2, -0.15) is 0 Å². The Bertz CT molecular complexity index is 1280. The van der Waals surface area contributed by atoms with Crippen molar-refractivity contribution >= 4 is 11.3 Å². The lowest BCUT2D eigenvalue weighted by atomic mass is 9.71. The minimum absolute atomic E-state index is 0.0973. The van der Waals surface area contributed by atoms with E-state index in [2.05, 4.69) is 108 Å². The molecule has 2 heteroatoms. The Balaban J connectivity index is 1.26. The lowest BCUT2D eigenvalue weighted by Crippen LogP contribution is -2.35. The highest BCUT2D eigenvalue weighted by Gasteiger charge is 2.43. The number of rotatable bonds is 2. The molecule has 0 saturated carbocycles. The molecule has 0 radical (unpaired) electrons. The molecule has 1 aromatic rings. The number of fused-ring (bicyclic) bond motifs is 5. The summed E-state index contributed by atoms with van der Waals surface area (Å²) in [5.74, 6) is 0.416. The Labute approximate surface area is 196 Å². The van der Waals surface area contributed by atoms with E-state index >= 15 is 0 Å². The average molecular weight is 431 g/mol. The van der Waals surface area contributed by atoms with Gasteiger partial charge in [-0.15, -0.1) is 0 Å². The van der Waals surface area contributed by atoms with Crippen LogP contribution >= 0.6 is 0 Å². The summed E-state index contributed by atoms with van der Waals surface area (Å²) in [5.41, 5.74) is 9.94. The second-order valence-corrected chi connectivity index (χ2v) is 10.2. The van der Waals surface area contributed by atoms with Crippen molar-refractivity contribution in [3.8, 4) is 0 Å². The van der Waals surface area contributed by atoms with Crippen molar-refractivity contribution in [2.45, 2.75) is 50.6 Å². The first-order chi connectivity index (χ1) is 16.2. The van der Waals surface area contributed by atoms with E-state index < -0.39 is 0 Å². The van der Waals surface area contributed by atoms with Crippen molar-refractivity contribution in [1.82, 2.24) is 5.32 Å². The summed E-state index contributed by atoms with van der Waals surface area (Å²) in [5, 5.41) is 3.81. The zero-order valence-electron chi connectivity index (χ0n) is 19.2. The minimum atomic E-state index is 0.0973. The van der Waals surface area contributed by atoms with Gasteiger partial charge in [0, 0.05) is 28.4 Å². The van der Waals surface area contributed by atoms with Gasteiger partial charge in [0.15, 0.2) is 0 Å². The van der Waals surface area contributed by atoms with Crippen LogP contribution in [0, 0.1) is 5.41 Å². The number of allylic oxidation sites excluding steroid dienone is 10. The summed E-state index contributed by atoms with van der Waals surface area (Å²) in [7, 11) is 0. The first kappa shape index (κ1) is 19.2. The Morgan fingerprint density at radius 1 is 1.00 bits per heavy atom. The molecule has 1 N–H and O–H groups in total. The van der Waals surface area contributed by atoms with Gasteiger partial charge in [0.2, 0.25) is 0 Å². The fourth-order valence-corrected chi connectivity index (χ4v) is 6.62. The third-order valence-corrected chi connectivity index (χ3v) is 8.42. The van der Waals surface area contributed by atoms with Gasteiger partial charge in [-0.3, -0.25) is 0 Å². The topological polar surface area (TPSA) is 15.3 Å². The number of hydrogen-bond donors (Lipinski definition) is 1. The highest BCUT2D eigenvalue weighted by molar-refractivity contribution is 5.81. The Hall–Kier alpha value is -3.26. The summed E-state index contributed by atoms with van der Waals surface area (Å²) < 4.78 is 0. The van der Waals surface area contributed by atoms with E-state index in [0.29, 0.717) is 18.0 Å². The van der Waals surface area contributed by atoms with E-state index in [-0.39, 0.29) is 5.41 Å². The van der Waals surface area contributed by atoms with Crippen LogP contribution in [0.15, 0.2) is 108 Å². The van der Waals surface area contributed by atoms with Gasteiger partial charge in [0.1, 0.15) is 0 Å². The predicted molar refractivity (Wildman–Crippen MR) is 138 cm³/mol. The van der Waals surface area contributed by atoms with Gasteiger partial charge < -0.3 is 10.2 Å². The molecule has 4 unspecified atom stereocenters. The molecule has 0 amide bonds. The summed E-state index contributed by atoms with van der Waals surface area (Å²) in [4.78, 5) is 2.58. The molecule has 164 valence electrons. The summed E-state index contributed by atoms with van der Waals surface area (Å²) in [6, 6.07) is 7.87. The highest BCUT2D eigenvalue weighted by Crippen LogP contribution is 2.50. The van der Waals surface area contributed by atoms with E-state index in [4.69, 9.17) is 0 Å². The molecule has 1 aromatic carbocycles. The quantitative estimate of drug-likeness (QED) is 0.552. The number of nitrogens with one attached hydrogen (secondary N) is 1. The van der Waals surface area contributed by atoms with Crippen LogP contribution in [0.5, 0.6) is 0 Å². The summed E-state index contributed by atoms with van der Waals surface area (Å²) in [6.07, 6.45) is 32.4. The zero-order chi connectivity index (χ0) is 22.0. The van der Waals surface area contributed by atoms with Crippen molar-refractivity contribution in [2.75, 3.05) is 4.90 Å². The fraction of sp³-hybridized carbons (Fsp3) is 0.290. The lowest BCUT2D eigenvalue weighted by Gasteiger charge is -2.33. The Morgan fingerprint density at radius 3 is 2.82 bits per heavy atom. The van der Waals surface area contributed by atoms with E-state index in [1.54, 1.807) is 5.57 Å². The maximum Gasteiger partial charge on any atom is 0.0626 e. The molecule has 0 bridgehead atoms. The molecule has 0 spiro atoms. The van der Waals surface area contributed by atoms with Gasteiger partial charge >= 0.3 is 0 Å². The van der Waals surface area contributed by atoms with Crippen LogP contribution in [0.2, 0.25) is 0 Å². The van der Waals surface area contributed by atoms with Crippen molar-refractivity contribution in [2.24, 2.45) is 5.41 Å². The van der Waals surface area contributed by atoms with Crippen molar-refractivity contribution < 1.29 is 0 Å². The summed E-state index contributed by atoms with van der Waals surface area (Å²) in [6.45, 7) is 2.40. The van der Waals surface area contributed by atoms with Crippen LogP contribution in [-0.4, -0.2) is 12.1 Å². The molecule has 4 atom stereocenters. The van der Waals surface area contributed by atoms with Crippen LogP contribution in [0.4, 0.5) is 5.69 Å². The molecule has 6 aliphatic rings. The Kier molecular flexibility index (Phi) is 4.15. The van der Waals surface area contributed by atoms with Gasteiger partial charge in [-0.1, -0.05) is 66.8 Å². The molecule has 2 aliphatic heterocycles. The highest BCUT2D eigenvalue weighted by atomic mass is 15.2. The van der Waals surface area contributed by atoms with Crippen LogP contribution in [0.3, 0.4) is 0 Å². The lowest BCUT2D eigenvalue weighted by molar-refractivity contribution is 0.441. The third kappa shape index (κ3) is 2.80. The second-order valence-electron chi connectivity index (χ2n) is 10.2. The van der Waals surface area contributed by atoms with Crippen molar-refractivity contribution in [3.05, 3.63) is 119 Å². The van der Waals surface area contributed by atoms with Crippen LogP contribution < -0.4 is 10.2 Å². The number of benzene rings is 1. The third-order valence-electron chi connectivity index (χ3n) is 8.42. The minimum Gasteiger partial charge on any atom is -0.378 e. The monoisotopic (exact) mass is 430 g/mol. The van der Waals surface area contributed by atoms with E-state index in [9.17, 15) is 0 Å². The number of hydrogen-bond acceptors (Lipinski definition) is 2. The standard InChI is InChI=1S/C31H30N2/c1-31-18-17-22(20-30(31)32-27-13-7-6-12-26(27)31)21-15-16-29-25(19-21)24-11-5-8-14-28(24)33(29)23-9-3-2-4-10-23/h2-3,5,7-9,11,13-20,24,28,30,32H,4,6,10,12H2,1H3. The van der Waals surface area contributed by atoms with Gasteiger partial charge in [0.05, 0.1) is 12.1 Å². The summed E-state index contributed by atoms with van der Waals surface area (Å²) >= 11 is 0. The van der Waals surface area contributed by atoms with Crippen LogP contribution in [0.1, 0.15) is 49.7 Å². The van der Waals surface area contributed by atoms with E-state index in [1.165, 1.54) is 40.2 Å².